The molecule has 1 unspecified atom stereocenters. The van der Waals surface area contributed by atoms with Crippen molar-refractivity contribution >= 4 is 5.91 Å². The molecule has 5 heteroatoms. The van der Waals surface area contributed by atoms with E-state index in [-0.39, 0.29) is 19.1 Å². The fraction of sp³-hybridized carbons (Fsp3) is 0.150. The maximum Gasteiger partial charge on any atom is 0.251 e. The number of ether oxygens (including phenoxy) is 1. The number of carbonyl (C=O) groups is 1. The minimum Gasteiger partial charge on any atom is -0.489 e. The largest absolute Gasteiger partial charge is 0.489 e. The Labute approximate surface area is 145 Å². The Balaban J connectivity index is 1.62. The molecule has 3 aromatic rings. The molecule has 5 nitrogen and oxygen atoms in total. The van der Waals surface area contributed by atoms with E-state index in [1.54, 1.807) is 24.3 Å². The van der Waals surface area contributed by atoms with Gasteiger partial charge in [0.15, 0.2) is 0 Å². The van der Waals surface area contributed by atoms with Gasteiger partial charge in [-0.3, -0.25) is 4.79 Å². The topological polar surface area (TPSA) is 71.7 Å². The molecule has 0 radical (unpaired) electrons. The molecule has 0 spiro atoms. The summed E-state index contributed by atoms with van der Waals surface area (Å²) < 4.78 is 10.8. The van der Waals surface area contributed by atoms with Crippen LogP contribution < -0.4 is 10.1 Å². The van der Waals surface area contributed by atoms with Crippen LogP contribution in [0.3, 0.4) is 0 Å². The first-order chi connectivity index (χ1) is 12.2. The Morgan fingerprint density at radius 2 is 1.80 bits per heavy atom. The van der Waals surface area contributed by atoms with Crippen molar-refractivity contribution in [3.05, 3.63) is 89.9 Å². The molecule has 0 aliphatic rings. The van der Waals surface area contributed by atoms with E-state index in [4.69, 9.17) is 9.15 Å². The number of rotatable bonds is 7. The van der Waals surface area contributed by atoms with Gasteiger partial charge in [0.2, 0.25) is 0 Å². The van der Waals surface area contributed by atoms with Gasteiger partial charge >= 0.3 is 0 Å². The van der Waals surface area contributed by atoms with Gasteiger partial charge in [-0.05, 0) is 30.3 Å². The number of benzene rings is 2. The van der Waals surface area contributed by atoms with E-state index in [0.717, 1.165) is 11.3 Å². The molecule has 1 amide bonds. The zero-order valence-corrected chi connectivity index (χ0v) is 13.6. The van der Waals surface area contributed by atoms with Gasteiger partial charge in [0.25, 0.3) is 5.91 Å². The zero-order chi connectivity index (χ0) is 17.5. The number of carbonyl (C=O) groups excluding carboxylic acids is 1. The number of furan rings is 1. The highest BCUT2D eigenvalue weighted by Gasteiger charge is 2.15. The zero-order valence-electron chi connectivity index (χ0n) is 13.6. The Morgan fingerprint density at radius 1 is 1.04 bits per heavy atom. The monoisotopic (exact) mass is 337 g/mol. The van der Waals surface area contributed by atoms with Crippen LogP contribution in [0.2, 0.25) is 0 Å². The van der Waals surface area contributed by atoms with Crippen LogP contribution >= 0.6 is 0 Å². The van der Waals surface area contributed by atoms with Crippen LogP contribution in [0.4, 0.5) is 0 Å². The molecule has 0 saturated heterocycles. The van der Waals surface area contributed by atoms with E-state index in [1.165, 1.54) is 6.26 Å². The summed E-state index contributed by atoms with van der Waals surface area (Å²) in [5.41, 5.74) is 1.29. The molecular weight excluding hydrogens is 318 g/mol. The van der Waals surface area contributed by atoms with Crippen LogP contribution in [-0.4, -0.2) is 17.6 Å². The van der Waals surface area contributed by atoms with Crippen LogP contribution in [-0.2, 0) is 6.61 Å². The van der Waals surface area contributed by atoms with E-state index in [1.807, 2.05) is 42.5 Å². The summed E-state index contributed by atoms with van der Waals surface area (Å²) in [5, 5.41) is 12.7. The summed E-state index contributed by atoms with van der Waals surface area (Å²) in [5.74, 6) is 0.893. The van der Waals surface area contributed by atoms with Crippen molar-refractivity contribution in [2.45, 2.75) is 12.7 Å². The van der Waals surface area contributed by atoms with Crippen molar-refractivity contribution in [3.8, 4) is 5.75 Å². The Bertz CT molecular complexity index is 800. The lowest BCUT2D eigenvalue weighted by molar-refractivity contribution is 0.0898. The molecule has 1 atom stereocenters. The molecule has 0 bridgehead atoms. The molecule has 1 heterocycles. The highest BCUT2D eigenvalue weighted by molar-refractivity contribution is 5.95. The lowest BCUT2D eigenvalue weighted by Crippen LogP contribution is -2.29. The summed E-state index contributed by atoms with van der Waals surface area (Å²) in [6, 6.07) is 20.0. The van der Waals surface area contributed by atoms with Crippen molar-refractivity contribution < 1.29 is 19.1 Å². The third kappa shape index (κ3) is 4.49. The van der Waals surface area contributed by atoms with Gasteiger partial charge in [0.1, 0.15) is 24.2 Å². The van der Waals surface area contributed by atoms with Gasteiger partial charge in [-0.2, -0.15) is 0 Å². The van der Waals surface area contributed by atoms with Gasteiger partial charge in [0, 0.05) is 11.1 Å². The number of hydrogen-bond donors (Lipinski definition) is 2. The van der Waals surface area contributed by atoms with Crippen molar-refractivity contribution in [1.29, 1.82) is 0 Å². The van der Waals surface area contributed by atoms with Gasteiger partial charge in [-0.1, -0.05) is 36.4 Å². The minimum absolute atomic E-state index is 0.0697. The van der Waals surface area contributed by atoms with E-state index in [0.29, 0.717) is 11.3 Å². The van der Waals surface area contributed by atoms with Crippen LogP contribution in [0.25, 0.3) is 0 Å². The van der Waals surface area contributed by atoms with Crippen molar-refractivity contribution in [3.63, 3.8) is 0 Å². The van der Waals surface area contributed by atoms with Gasteiger partial charge in [-0.15, -0.1) is 0 Å². The quantitative estimate of drug-likeness (QED) is 0.694. The fourth-order valence-corrected chi connectivity index (χ4v) is 2.41. The maximum absolute atomic E-state index is 12.4. The first kappa shape index (κ1) is 16.8. The molecule has 25 heavy (non-hydrogen) atoms. The van der Waals surface area contributed by atoms with Crippen LogP contribution in [0.15, 0.2) is 77.4 Å². The SMILES string of the molecule is O=C(NCC(O)c1ccco1)c1ccccc1COc1ccccc1. The predicted molar refractivity (Wildman–Crippen MR) is 93.2 cm³/mol. The summed E-state index contributed by atoms with van der Waals surface area (Å²) in [6.07, 6.45) is 0.600. The molecule has 3 rings (SSSR count). The van der Waals surface area contributed by atoms with E-state index >= 15 is 0 Å². The minimum atomic E-state index is -0.883. The second kappa shape index (κ2) is 8.17. The number of hydrogen-bond acceptors (Lipinski definition) is 4. The molecule has 0 fully saturated rings. The Kier molecular flexibility index (Phi) is 5.49. The summed E-state index contributed by atoms with van der Waals surface area (Å²) >= 11 is 0. The van der Waals surface area contributed by atoms with Crippen molar-refractivity contribution in [2.24, 2.45) is 0 Å². The number of aliphatic hydroxyl groups is 1. The Hall–Kier alpha value is -3.05. The summed E-state index contributed by atoms with van der Waals surface area (Å²) in [6.45, 7) is 0.356. The first-order valence-corrected chi connectivity index (χ1v) is 7.99. The molecule has 0 aliphatic heterocycles. The summed E-state index contributed by atoms with van der Waals surface area (Å²) in [4.78, 5) is 12.4. The van der Waals surface area contributed by atoms with E-state index in [9.17, 15) is 9.90 Å². The highest BCUT2D eigenvalue weighted by Crippen LogP contribution is 2.16. The lowest BCUT2D eigenvalue weighted by Gasteiger charge is -2.13. The van der Waals surface area contributed by atoms with Crippen molar-refractivity contribution in [2.75, 3.05) is 6.54 Å². The molecular formula is C20H19NO4. The number of aliphatic hydroxyl groups excluding tert-OH is 1. The van der Waals surface area contributed by atoms with Gasteiger partial charge in [0.05, 0.1) is 12.8 Å². The predicted octanol–water partition coefficient (Wildman–Crippen LogP) is 3.32. The van der Waals surface area contributed by atoms with Crippen LogP contribution in [0.5, 0.6) is 5.75 Å². The molecule has 0 aliphatic carbocycles. The third-order valence-electron chi connectivity index (χ3n) is 3.73. The van der Waals surface area contributed by atoms with Crippen LogP contribution in [0, 0.1) is 0 Å². The molecule has 2 N–H and O–H groups in total. The normalized spacial score (nSPS) is 11.7. The standard InChI is InChI=1S/C20H19NO4/c22-18(19-11-6-12-24-19)13-21-20(23)17-10-5-4-7-15(17)14-25-16-8-2-1-3-9-16/h1-12,18,22H,13-14H2,(H,21,23). The Morgan fingerprint density at radius 3 is 2.56 bits per heavy atom. The van der Waals surface area contributed by atoms with E-state index in [2.05, 4.69) is 5.32 Å². The second-order valence-electron chi connectivity index (χ2n) is 5.50. The molecule has 1 aromatic heterocycles. The number of amides is 1. The van der Waals surface area contributed by atoms with E-state index < -0.39 is 6.10 Å². The average Bonchev–Trinajstić information content (AvgIpc) is 3.20. The average molecular weight is 337 g/mol. The number of nitrogens with one attached hydrogen (secondary N) is 1. The first-order valence-electron chi connectivity index (χ1n) is 7.99. The fourth-order valence-electron chi connectivity index (χ4n) is 2.41. The van der Waals surface area contributed by atoms with Crippen molar-refractivity contribution in [1.82, 2.24) is 5.32 Å². The third-order valence-corrected chi connectivity index (χ3v) is 3.73. The maximum atomic E-state index is 12.4. The summed E-state index contributed by atoms with van der Waals surface area (Å²) in [7, 11) is 0. The number of para-hydroxylation sites is 1. The molecule has 0 saturated carbocycles. The smallest absolute Gasteiger partial charge is 0.251 e. The lowest BCUT2D eigenvalue weighted by atomic mass is 10.1. The van der Waals surface area contributed by atoms with Gasteiger partial charge < -0.3 is 19.6 Å². The molecule has 128 valence electrons. The molecule has 2 aromatic carbocycles. The van der Waals surface area contributed by atoms with Crippen LogP contribution in [0.1, 0.15) is 27.8 Å². The second-order valence-corrected chi connectivity index (χ2v) is 5.50. The van der Waals surface area contributed by atoms with Gasteiger partial charge in [-0.25, -0.2) is 0 Å². The highest BCUT2D eigenvalue weighted by atomic mass is 16.5.